The van der Waals surface area contributed by atoms with Crippen molar-refractivity contribution in [2.45, 2.75) is 39.0 Å². The Labute approximate surface area is 110 Å². The first-order valence-electron chi connectivity index (χ1n) is 7.10. The third-order valence-electron chi connectivity index (χ3n) is 4.10. The molecule has 0 aromatic heterocycles. The first-order valence-corrected chi connectivity index (χ1v) is 7.10. The molecule has 0 aliphatic heterocycles. The largest absolute Gasteiger partial charge is 0.493 e. The second kappa shape index (κ2) is 6.79. The Hall–Kier alpha value is -1.02. The van der Waals surface area contributed by atoms with E-state index in [0.29, 0.717) is 18.4 Å². The molecule has 1 aromatic carbocycles. The van der Waals surface area contributed by atoms with Crippen LogP contribution in [0.25, 0.3) is 0 Å². The summed E-state index contributed by atoms with van der Waals surface area (Å²) in [5, 5.41) is 9.55. The maximum atomic E-state index is 9.55. The number of hydrogen-bond acceptors (Lipinski definition) is 2. The average Bonchev–Trinajstić information content (AvgIpc) is 2.42. The van der Waals surface area contributed by atoms with Crippen LogP contribution in [0, 0.1) is 18.8 Å². The zero-order chi connectivity index (χ0) is 12.8. The van der Waals surface area contributed by atoms with E-state index in [1.807, 2.05) is 18.2 Å². The molecule has 1 fully saturated rings. The molecule has 0 heterocycles. The van der Waals surface area contributed by atoms with Crippen LogP contribution in [-0.4, -0.2) is 18.3 Å². The molecule has 1 aliphatic carbocycles. The Morgan fingerprint density at radius 3 is 2.61 bits per heavy atom. The molecular formula is C16H24O2. The van der Waals surface area contributed by atoms with E-state index in [0.717, 1.165) is 11.3 Å². The van der Waals surface area contributed by atoms with Gasteiger partial charge in [0.25, 0.3) is 0 Å². The molecule has 1 atom stereocenters. The van der Waals surface area contributed by atoms with Crippen LogP contribution in [0.5, 0.6) is 5.75 Å². The second-order valence-corrected chi connectivity index (χ2v) is 5.42. The lowest BCUT2D eigenvalue weighted by atomic mass is 9.81. The van der Waals surface area contributed by atoms with Crippen LogP contribution < -0.4 is 4.74 Å². The Morgan fingerprint density at radius 2 is 1.94 bits per heavy atom. The summed E-state index contributed by atoms with van der Waals surface area (Å²) >= 11 is 0. The molecule has 0 spiro atoms. The molecule has 1 N–H and O–H groups in total. The van der Waals surface area contributed by atoms with E-state index in [2.05, 4.69) is 13.0 Å². The van der Waals surface area contributed by atoms with Crippen LogP contribution in [0.2, 0.25) is 0 Å². The fourth-order valence-corrected chi connectivity index (χ4v) is 2.86. The van der Waals surface area contributed by atoms with Crippen molar-refractivity contribution in [3.8, 4) is 5.75 Å². The monoisotopic (exact) mass is 248 g/mol. The standard InChI is InChI=1S/C16H24O2/c1-13-7-5-6-10-16(13)18-12-15(11-17)14-8-3-2-4-9-14/h5-7,10,14-15,17H,2-4,8-9,11-12H2,1H3. The lowest BCUT2D eigenvalue weighted by Gasteiger charge is -2.29. The summed E-state index contributed by atoms with van der Waals surface area (Å²) in [6, 6.07) is 8.08. The van der Waals surface area contributed by atoms with Gasteiger partial charge >= 0.3 is 0 Å². The molecule has 100 valence electrons. The van der Waals surface area contributed by atoms with Crippen molar-refractivity contribution in [1.29, 1.82) is 0 Å². The maximum Gasteiger partial charge on any atom is 0.122 e. The van der Waals surface area contributed by atoms with Gasteiger partial charge in [-0.25, -0.2) is 0 Å². The normalized spacial score (nSPS) is 18.6. The van der Waals surface area contributed by atoms with Crippen LogP contribution in [0.3, 0.4) is 0 Å². The number of aliphatic hydroxyl groups excluding tert-OH is 1. The summed E-state index contributed by atoms with van der Waals surface area (Å²) in [6.07, 6.45) is 6.48. The minimum Gasteiger partial charge on any atom is -0.493 e. The van der Waals surface area contributed by atoms with Crippen LogP contribution in [0.4, 0.5) is 0 Å². The van der Waals surface area contributed by atoms with Gasteiger partial charge in [0.15, 0.2) is 0 Å². The van der Waals surface area contributed by atoms with Crippen LogP contribution in [0.15, 0.2) is 24.3 Å². The van der Waals surface area contributed by atoms with Gasteiger partial charge in [0.2, 0.25) is 0 Å². The molecule has 0 saturated heterocycles. The van der Waals surface area contributed by atoms with Crippen LogP contribution in [-0.2, 0) is 0 Å². The maximum absolute atomic E-state index is 9.55. The number of para-hydroxylation sites is 1. The Balaban J connectivity index is 1.88. The van der Waals surface area contributed by atoms with E-state index in [9.17, 15) is 5.11 Å². The zero-order valence-corrected chi connectivity index (χ0v) is 11.3. The highest BCUT2D eigenvalue weighted by Crippen LogP contribution is 2.30. The molecule has 1 saturated carbocycles. The summed E-state index contributed by atoms with van der Waals surface area (Å²) < 4.78 is 5.88. The van der Waals surface area contributed by atoms with E-state index < -0.39 is 0 Å². The van der Waals surface area contributed by atoms with Gasteiger partial charge in [0.05, 0.1) is 6.61 Å². The predicted molar refractivity (Wildman–Crippen MR) is 73.8 cm³/mol. The number of ether oxygens (including phenoxy) is 1. The average molecular weight is 248 g/mol. The van der Waals surface area contributed by atoms with Gasteiger partial charge in [-0.15, -0.1) is 0 Å². The van der Waals surface area contributed by atoms with Gasteiger partial charge in [-0.2, -0.15) is 0 Å². The van der Waals surface area contributed by atoms with Crippen molar-refractivity contribution >= 4 is 0 Å². The van der Waals surface area contributed by atoms with Gasteiger partial charge in [0.1, 0.15) is 5.75 Å². The second-order valence-electron chi connectivity index (χ2n) is 5.42. The third kappa shape index (κ3) is 3.49. The fourth-order valence-electron chi connectivity index (χ4n) is 2.86. The highest BCUT2D eigenvalue weighted by Gasteiger charge is 2.23. The van der Waals surface area contributed by atoms with Gasteiger partial charge < -0.3 is 9.84 Å². The summed E-state index contributed by atoms with van der Waals surface area (Å²) in [4.78, 5) is 0. The molecule has 0 radical (unpaired) electrons. The Bertz CT molecular complexity index is 356. The van der Waals surface area contributed by atoms with Crippen molar-refractivity contribution in [3.05, 3.63) is 29.8 Å². The van der Waals surface area contributed by atoms with Crippen molar-refractivity contribution in [2.75, 3.05) is 13.2 Å². The molecule has 1 aliphatic rings. The van der Waals surface area contributed by atoms with Gasteiger partial charge in [-0.1, -0.05) is 37.5 Å². The molecule has 0 bridgehead atoms. The Morgan fingerprint density at radius 1 is 1.22 bits per heavy atom. The predicted octanol–water partition coefficient (Wildman–Crippen LogP) is 3.56. The minimum atomic E-state index is 0.247. The zero-order valence-electron chi connectivity index (χ0n) is 11.3. The first-order chi connectivity index (χ1) is 8.81. The molecule has 1 unspecified atom stereocenters. The van der Waals surface area contributed by atoms with E-state index in [-0.39, 0.29) is 6.61 Å². The smallest absolute Gasteiger partial charge is 0.122 e. The van der Waals surface area contributed by atoms with Crippen molar-refractivity contribution in [3.63, 3.8) is 0 Å². The number of hydrogen-bond donors (Lipinski definition) is 1. The van der Waals surface area contributed by atoms with Crippen molar-refractivity contribution in [1.82, 2.24) is 0 Å². The topological polar surface area (TPSA) is 29.5 Å². The minimum absolute atomic E-state index is 0.247. The van der Waals surface area contributed by atoms with E-state index in [1.165, 1.54) is 32.1 Å². The highest BCUT2D eigenvalue weighted by molar-refractivity contribution is 5.31. The van der Waals surface area contributed by atoms with E-state index in [4.69, 9.17) is 4.74 Å². The summed E-state index contributed by atoms with van der Waals surface area (Å²) in [6.45, 7) is 2.95. The van der Waals surface area contributed by atoms with E-state index in [1.54, 1.807) is 0 Å². The van der Waals surface area contributed by atoms with Crippen LogP contribution in [0.1, 0.15) is 37.7 Å². The number of aliphatic hydroxyl groups is 1. The number of aryl methyl sites for hydroxylation is 1. The van der Waals surface area contributed by atoms with Gasteiger partial charge in [-0.3, -0.25) is 0 Å². The van der Waals surface area contributed by atoms with E-state index >= 15 is 0 Å². The molecular weight excluding hydrogens is 224 g/mol. The molecule has 2 rings (SSSR count). The van der Waals surface area contributed by atoms with Crippen LogP contribution >= 0.6 is 0 Å². The Kier molecular flexibility index (Phi) is 5.06. The van der Waals surface area contributed by atoms with Gasteiger partial charge in [-0.05, 0) is 37.3 Å². The van der Waals surface area contributed by atoms with Crippen molar-refractivity contribution < 1.29 is 9.84 Å². The van der Waals surface area contributed by atoms with Crippen molar-refractivity contribution in [2.24, 2.45) is 11.8 Å². The third-order valence-corrected chi connectivity index (χ3v) is 4.10. The molecule has 18 heavy (non-hydrogen) atoms. The number of benzene rings is 1. The summed E-state index contributed by atoms with van der Waals surface area (Å²) in [7, 11) is 0. The SMILES string of the molecule is Cc1ccccc1OCC(CO)C1CCCCC1. The molecule has 0 amide bonds. The lowest BCUT2D eigenvalue weighted by molar-refractivity contribution is 0.0980. The number of rotatable bonds is 5. The fraction of sp³-hybridized carbons (Fsp3) is 0.625. The summed E-state index contributed by atoms with van der Waals surface area (Å²) in [5.41, 5.74) is 1.16. The quantitative estimate of drug-likeness (QED) is 0.863. The molecule has 2 nitrogen and oxygen atoms in total. The lowest BCUT2D eigenvalue weighted by Crippen LogP contribution is -2.27. The van der Waals surface area contributed by atoms with Gasteiger partial charge in [0, 0.05) is 12.5 Å². The molecule has 1 aromatic rings. The summed E-state index contributed by atoms with van der Waals surface area (Å²) in [5.74, 6) is 1.89. The highest BCUT2D eigenvalue weighted by atomic mass is 16.5. The first kappa shape index (κ1) is 13.4. The molecule has 2 heteroatoms.